The molecule has 1 aliphatic heterocycles. The Morgan fingerprint density at radius 3 is 2.89 bits per heavy atom. The highest BCUT2D eigenvalue weighted by atomic mass is 16.6. The molecule has 0 radical (unpaired) electrons. The van der Waals surface area contributed by atoms with Crippen LogP contribution in [0.4, 0.5) is 5.82 Å². The number of anilines is 1. The van der Waals surface area contributed by atoms with Gasteiger partial charge in [-0.05, 0) is 6.07 Å². The maximum absolute atomic E-state index is 11.7. The van der Waals surface area contributed by atoms with Crippen LogP contribution in [0, 0.1) is 17.2 Å². The smallest absolute Gasteiger partial charge is 0.351 e. The Morgan fingerprint density at radius 2 is 2.42 bits per heavy atom. The minimum Gasteiger partial charge on any atom is -0.392 e. The molecule has 0 aliphatic carbocycles. The van der Waals surface area contributed by atoms with E-state index in [2.05, 4.69) is 4.98 Å². The van der Waals surface area contributed by atoms with Crippen molar-refractivity contribution in [2.45, 2.75) is 24.9 Å². The SMILES string of the molecule is C[C@@H]1[C@H](n2ccc(N)nc2=O)OC(C#N)(CO)[C@H]1O. The Hall–Kier alpha value is -1.95. The predicted octanol–water partition coefficient (Wildman–Crippen LogP) is -1.39. The van der Waals surface area contributed by atoms with E-state index >= 15 is 0 Å². The summed E-state index contributed by atoms with van der Waals surface area (Å²) >= 11 is 0. The van der Waals surface area contributed by atoms with E-state index in [9.17, 15) is 15.0 Å². The van der Waals surface area contributed by atoms with Crippen LogP contribution in [-0.4, -0.2) is 38.1 Å². The third-order valence-electron chi connectivity index (χ3n) is 3.31. The lowest BCUT2D eigenvalue weighted by Crippen LogP contribution is -2.43. The topological polar surface area (TPSA) is 134 Å². The Balaban J connectivity index is 2.43. The molecule has 0 aromatic carbocycles. The summed E-state index contributed by atoms with van der Waals surface area (Å²) in [6.07, 6.45) is -0.719. The molecule has 8 heteroatoms. The molecule has 0 amide bonds. The second kappa shape index (κ2) is 4.62. The lowest BCUT2D eigenvalue weighted by atomic mass is 9.92. The van der Waals surface area contributed by atoms with Crippen molar-refractivity contribution in [2.24, 2.45) is 5.92 Å². The van der Waals surface area contributed by atoms with Crippen molar-refractivity contribution < 1.29 is 14.9 Å². The van der Waals surface area contributed by atoms with Gasteiger partial charge in [-0.15, -0.1) is 0 Å². The van der Waals surface area contributed by atoms with Gasteiger partial charge in [-0.1, -0.05) is 6.92 Å². The van der Waals surface area contributed by atoms with Gasteiger partial charge in [0.1, 0.15) is 24.2 Å². The van der Waals surface area contributed by atoms with Crippen LogP contribution in [0.15, 0.2) is 17.1 Å². The number of nitriles is 1. The van der Waals surface area contributed by atoms with E-state index in [-0.39, 0.29) is 5.82 Å². The van der Waals surface area contributed by atoms with E-state index < -0.39 is 36.1 Å². The third kappa shape index (κ3) is 1.98. The molecule has 1 aromatic rings. The average Bonchev–Trinajstić information content (AvgIpc) is 2.64. The van der Waals surface area contributed by atoms with Gasteiger partial charge in [-0.25, -0.2) is 4.79 Å². The second-order valence-corrected chi connectivity index (χ2v) is 4.51. The standard InChI is InChI=1S/C11H14N4O4/c1-6-8(17)11(4-12,5-16)19-9(6)15-3-2-7(13)14-10(15)18/h2-3,6,8-9,16-17H,5H2,1H3,(H2,13,14,18)/t6-,8-,9+,11?/m0/s1. The van der Waals surface area contributed by atoms with Crippen LogP contribution in [0.3, 0.4) is 0 Å². The van der Waals surface area contributed by atoms with Crippen LogP contribution >= 0.6 is 0 Å². The molecular weight excluding hydrogens is 252 g/mol. The molecule has 4 atom stereocenters. The number of hydrogen-bond donors (Lipinski definition) is 3. The van der Waals surface area contributed by atoms with Crippen LogP contribution in [0.1, 0.15) is 13.2 Å². The first kappa shape index (κ1) is 13.5. The zero-order valence-electron chi connectivity index (χ0n) is 10.2. The van der Waals surface area contributed by atoms with Gasteiger partial charge in [0.2, 0.25) is 5.60 Å². The van der Waals surface area contributed by atoms with Gasteiger partial charge >= 0.3 is 5.69 Å². The maximum Gasteiger partial charge on any atom is 0.351 e. The number of hydrogen-bond acceptors (Lipinski definition) is 7. The normalized spacial score (nSPS) is 34.1. The number of aliphatic hydroxyl groups excluding tert-OH is 2. The molecule has 102 valence electrons. The molecule has 1 aromatic heterocycles. The highest BCUT2D eigenvalue weighted by Gasteiger charge is 2.54. The maximum atomic E-state index is 11.7. The fourth-order valence-electron chi connectivity index (χ4n) is 2.16. The summed E-state index contributed by atoms with van der Waals surface area (Å²) in [5, 5.41) is 28.3. The third-order valence-corrected chi connectivity index (χ3v) is 3.31. The monoisotopic (exact) mass is 266 g/mol. The van der Waals surface area contributed by atoms with Crippen molar-refractivity contribution in [3.63, 3.8) is 0 Å². The minimum atomic E-state index is -1.73. The summed E-state index contributed by atoms with van der Waals surface area (Å²) in [4.78, 5) is 15.3. The number of aliphatic hydroxyl groups is 2. The van der Waals surface area contributed by atoms with Gasteiger partial charge < -0.3 is 20.7 Å². The van der Waals surface area contributed by atoms with Gasteiger partial charge in [0.25, 0.3) is 0 Å². The molecule has 0 bridgehead atoms. The van der Waals surface area contributed by atoms with Gasteiger partial charge in [0, 0.05) is 12.1 Å². The van der Waals surface area contributed by atoms with Gasteiger partial charge in [0.05, 0.1) is 6.61 Å². The van der Waals surface area contributed by atoms with E-state index in [1.807, 2.05) is 0 Å². The number of nitrogens with two attached hydrogens (primary N) is 1. The Kier molecular flexibility index (Phi) is 3.28. The van der Waals surface area contributed by atoms with Crippen LogP contribution in [-0.2, 0) is 4.74 Å². The first-order chi connectivity index (χ1) is 8.95. The lowest BCUT2D eigenvalue weighted by Gasteiger charge is -2.21. The largest absolute Gasteiger partial charge is 0.392 e. The quantitative estimate of drug-likeness (QED) is 0.599. The number of nitrogen functional groups attached to an aromatic ring is 1. The lowest BCUT2D eigenvalue weighted by molar-refractivity contribution is -0.0931. The summed E-state index contributed by atoms with van der Waals surface area (Å²) in [5.74, 6) is -0.490. The molecule has 2 heterocycles. The highest BCUT2D eigenvalue weighted by molar-refractivity contribution is 5.24. The predicted molar refractivity (Wildman–Crippen MR) is 63.6 cm³/mol. The van der Waals surface area contributed by atoms with Crippen molar-refractivity contribution in [1.29, 1.82) is 5.26 Å². The zero-order valence-corrected chi connectivity index (χ0v) is 10.2. The molecule has 0 spiro atoms. The number of rotatable bonds is 2. The van der Waals surface area contributed by atoms with Crippen LogP contribution in [0.25, 0.3) is 0 Å². The molecule has 8 nitrogen and oxygen atoms in total. The molecule has 4 N–H and O–H groups in total. The van der Waals surface area contributed by atoms with E-state index in [1.54, 1.807) is 13.0 Å². The summed E-state index contributed by atoms with van der Waals surface area (Å²) in [5.41, 5.74) is 3.01. The molecule has 19 heavy (non-hydrogen) atoms. The van der Waals surface area contributed by atoms with Crippen molar-refractivity contribution in [3.05, 3.63) is 22.7 Å². The number of aromatic nitrogens is 2. The van der Waals surface area contributed by atoms with Crippen molar-refractivity contribution >= 4 is 5.82 Å². The summed E-state index contributed by atoms with van der Waals surface area (Å²) in [6.45, 7) is 0.954. The number of nitrogens with zero attached hydrogens (tertiary/aromatic N) is 3. The highest BCUT2D eigenvalue weighted by Crippen LogP contribution is 2.40. The first-order valence-electron chi connectivity index (χ1n) is 5.68. The van der Waals surface area contributed by atoms with Crippen molar-refractivity contribution in [3.8, 4) is 6.07 Å². The van der Waals surface area contributed by atoms with E-state index in [0.717, 1.165) is 4.57 Å². The van der Waals surface area contributed by atoms with Crippen LogP contribution in [0.2, 0.25) is 0 Å². The molecule has 1 fully saturated rings. The Morgan fingerprint density at radius 1 is 1.74 bits per heavy atom. The van der Waals surface area contributed by atoms with E-state index in [1.165, 1.54) is 12.3 Å². The average molecular weight is 266 g/mol. The Labute approximate surface area is 108 Å². The summed E-state index contributed by atoms with van der Waals surface area (Å²) in [7, 11) is 0. The number of ether oxygens (including phenoxy) is 1. The van der Waals surface area contributed by atoms with Crippen molar-refractivity contribution in [1.82, 2.24) is 9.55 Å². The van der Waals surface area contributed by atoms with E-state index in [0.29, 0.717) is 0 Å². The van der Waals surface area contributed by atoms with Gasteiger partial charge in [-0.2, -0.15) is 10.2 Å². The minimum absolute atomic E-state index is 0.0705. The fraction of sp³-hybridized carbons (Fsp3) is 0.545. The summed E-state index contributed by atoms with van der Waals surface area (Å²) in [6, 6.07) is 3.17. The second-order valence-electron chi connectivity index (χ2n) is 4.51. The fourth-order valence-corrected chi connectivity index (χ4v) is 2.16. The summed E-state index contributed by atoms with van der Waals surface area (Å²) < 4.78 is 6.54. The Bertz CT molecular complexity index is 581. The van der Waals surface area contributed by atoms with Gasteiger partial charge in [0.15, 0.2) is 0 Å². The molecule has 1 aliphatic rings. The molecule has 1 unspecified atom stereocenters. The van der Waals surface area contributed by atoms with Crippen LogP contribution < -0.4 is 11.4 Å². The molecular formula is C11H14N4O4. The molecule has 1 saturated heterocycles. The van der Waals surface area contributed by atoms with E-state index in [4.69, 9.17) is 15.7 Å². The first-order valence-corrected chi connectivity index (χ1v) is 5.68. The zero-order chi connectivity index (χ0) is 14.2. The van der Waals surface area contributed by atoms with Gasteiger partial charge in [-0.3, -0.25) is 4.57 Å². The molecule has 0 saturated carbocycles. The van der Waals surface area contributed by atoms with Crippen molar-refractivity contribution in [2.75, 3.05) is 12.3 Å². The van der Waals surface area contributed by atoms with Crippen LogP contribution in [0.5, 0.6) is 0 Å². The molecule has 2 rings (SSSR count).